The highest BCUT2D eigenvalue weighted by Crippen LogP contribution is 2.45. The third kappa shape index (κ3) is 6.15. The topological polar surface area (TPSA) is 81.7 Å². The highest BCUT2D eigenvalue weighted by molar-refractivity contribution is 7.88. The van der Waals surface area contributed by atoms with E-state index in [1.165, 1.54) is 30.4 Å². The van der Waals surface area contributed by atoms with E-state index in [9.17, 15) is 13.2 Å². The Morgan fingerprint density at radius 1 is 1.12 bits per heavy atom. The van der Waals surface area contributed by atoms with Gasteiger partial charge in [0.2, 0.25) is 16.8 Å². The summed E-state index contributed by atoms with van der Waals surface area (Å²) in [7, 11) is -3.21. The molecule has 2 aliphatic rings. The minimum absolute atomic E-state index is 0.0524. The maximum atomic E-state index is 12.4. The van der Waals surface area contributed by atoms with Crippen LogP contribution in [0.5, 0.6) is 11.5 Å². The molecule has 1 aliphatic heterocycles. The Bertz CT molecular complexity index is 1080. The van der Waals surface area contributed by atoms with E-state index in [0.29, 0.717) is 43.0 Å². The molecule has 3 atom stereocenters. The number of benzene rings is 2. The van der Waals surface area contributed by atoms with Gasteiger partial charge in [-0.05, 0) is 61.5 Å². The van der Waals surface area contributed by atoms with E-state index >= 15 is 0 Å². The summed E-state index contributed by atoms with van der Waals surface area (Å²) in [5.74, 6) is 3.44. The standard InChI is InChI=1S/C26H33NO5S/c1-18(23-5-3-7-25-26(23)32-17-31-25)15-19-8-9-22(16-19)20-10-12-21(13-11-20)24(28)6-4-14-27-33(2,29)30/h3,5,7,10-13,18-19,22,27H,4,6,8-9,14-17H2,1-2H3/t18-,19+,22+/m0/s1. The summed E-state index contributed by atoms with van der Waals surface area (Å²) in [5, 5.41) is 0. The number of carbonyl (C=O) groups is 1. The summed E-state index contributed by atoms with van der Waals surface area (Å²) in [6, 6.07) is 14.2. The molecule has 1 aliphatic carbocycles. The summed E-state index contributed by atoms with van der Waals surface area (Å²) in [6.07, 6.45) is 6.65. The average Bonchev–Trinajstić information content (AvgIpc) is 3.45. The fraction of sp³-hybridized carbons (Fsp3) is 0.500. The fourth-order valence-electron chi connectivity index (χ4n) is 5.15. The zero-order valence-electron chi connectivity index (χ0n) is 19.4. The lowest BCUT2D eigenvalue weighted by Gasteiger charge is -2.19. The molecule has 7 heteroatoms. The molecular weight excluding hydrogens is 438 g/mol. The fourth-order valence-corrected chi connectivity index (χ4v) is 5.67. The van der Waals surface area contributed by atoms with Gasteiger partial charge in [0.1, 0.15) is 0 Å². The Morgan fingerprint density at radius 2 is 1.91 bits per heavy atom. The summed E-state index contributed by atoms with van der Waals surface area (Å²) >= 11 is 0. The van der Waals surface area contributed by atoms with E-state index in [4.69, 9.17) is 9.47 Å². The van der Waals surface area contributed by atoms with Gasteiger partial charge in [0.25, 0.3) is 0 Å². The smallest absolute Gasteiger partial charge is 0.231 e. The van der Waals surface area contributed by atoms with Crippen LogP contribution >= 0.6 is 0 Å². The number of sulfonamides is 1. The Balaban J connectivity index is 1.28. The molecule has 1 saturated carbocycles. The molecule has 4 rings (SSSR count). The van der Waals surface area contributed by atoms with E-state index in [1.54, 1.807) is 0 Å². The number of hydrogen-bond acceptors (Lipinski definition) is 5. The highest BCUT2D eigenvalue weighted by Gasteiger charge is 2.29. The monoisotopic (exact) mass is 471 g/mol. The highest BCUT2D eigenvalue weighted by atomic mass is 32.2. The Hall–Kier alpha value is -2.38. The van der Waals surface area contributed by atoms with E-state index in [2.05, 4.69) is 29.8 Å². The zero-order chi connectivity index (χ0) is 23.4. The third-order valence-corrected chi connectivity index (χ3v) is 7.56. The van der Waals surface area contributed by atoms with E-state index in [-0.39, 0.29) is 12.3 Å². The largest absolute Gasteiger partial charge is 0.454 e. The number of ketones is 1. The Kier molecular flexibility index (Phi) is 7.39. The first-order valence-electron chi connectivity index (χ1n) is 11.8. The van der Waals surface area contributed by atoms with Crippen LogP contribution in [0.15, 0.2) is 42.5 Å². The van der Waals surface area contributed by atoms with Crippen LogP contribution in [0.4, 0.5) is 0 Å². The van der Waals surface area contributed by atoms with Crippen molar-refractivity contribution >= 4 is 15.8 Å². The van der Waals surface area contributed by atoms with Crippen molar-refractivity contribution in [2.24, 2.45) is 5.92 Å². The van der Waals surface area contributed by atoms with Crippen molar-refractivity contribution in [2.45, 2.75) is 57.3 Å². The lowest BCUT2D eigenvalue weighted by molar-refractivity contribution is 0.0980. The van der Waals surface area contributed by atoms with Crippen molar-refractivity contribution in [2.75, 3.05) is 19.6 Å². The molecule has 0 saturated heterocycles. The molecule has 0 aromatic heterocycles. The van der Waals surface area contributed by atoms with Gasteiger partial charge in [0, 0.05) is 24.1 Å². The molecule has 33 heavy (non-hydrogen) atoms. The van der Waals surface area contributed by atoms with Crippen molar-refractivity contribution in [3.8, 4) is 11.5 Å². The van der Waals surface area contributed by atoms with E-state index in [0.717, 1.165) is 24.2 Å². The van der Waals surface area contributed by atoms with Crippen molar-refractivity contribution in [3.63, 3.8) is 0 Å². The summed E-state index contributed by atoms with van der Waals surface area (Å²) in [4.78, 5) is 12.4. The molecule has 178 valence electrons. The normalized spacial score (nSPS) is 20.7. The Labute approximate surface area is 196 Å². The van der Waals surface area contributed by atoms with Gasteiger partial charge >= 0.3 is 0 Å². The SMILES string of the molecule is C[C@@H](C[C@H]1CC[C@@H](c2ccc(C(=O)CCCNS(C)(=O)=O)cc2)C1)c1cccc2c1OCO2. The van der Waals surface area contributed by atoms with Crippen LogP contribution in [-0.2, 0) is 10.0 Å². The van der Waals surface area contributed by atoms with Gasteiger partial charge in [0.05, 0.1) is 6.26 Å². The first kappa shape index (κ1) is 23.8. The second-order valence-corrected chi connectivity index (χ2v) is 11.2. The minimum atomic E-state index is -3.21. The molecule has 0 spiro atoms. The maximum absolute atomic E-state index is 12.4. The van der Waals surface area contributed by atoms with Crippen LogP contribution in [0.25, 0.3) is 0 Å². The molecule has 1 N–H and O–H groups in total. The van der Waals surface area contributed by atoms with Crippen molar-refractivity contribution in [1.82, 2.24) is 4.72 Å². The van der Waals surface area contributed by atoms with Crippen LogP contribution in [0.1, 0.15) is 78.8 Å². The number of fused-ring (bicyclic) bond motifs is 1. The summed E-state index contributed by atoms with van der Waals surface area (Å²) < 4.78 is 35.9. The van der Waals surface area contributed by atoms with Crippen LogP contribution < -0.4 is 14.2 Å². The Morgan fingerprint density at radius 3 is 2.67 bits per heavy atom. The van der Waals surface area contributed by atoms with Gasteiger partial charge < -0.3 is 9.47 Å². The molecule has 0 radical (unpaired) electrons. The molecule has 6 nitrogen and oxygen atoms in total. The first-order chi connectivity index (χ1) is 15.8. The van der Waals surface area contributed by atoms with Crippen LogP contribution in [0.2, 0.25) is 0 Å². The zero-order valence-corrected chi connectivity index (χ0v) is 20.2. The summed E-state index contributed by atoms with van der Waals surface area (Å²) in [6.45, 7) is 2.87. The minimum Gasteiger partial charge on any atom is -0.454 e. The van der Waals surface area contributed by atoms with Crippen LogP contribution in [0, 0.1) is 5.92 Å². The third-order valence-electron chi connectivity index (χ3n) is 6.84. The van der Waals surface area contributed by atoms with Gasteiger partial charge in [-0.25, -0.2) is 13.1 Å². The van der Waals surface area contributed by atoms with Crippen LogP contribution in [-0.4, -0.2) is 33.8 Å². The average molecular weight is 472 g/mol. The van der Waals surface area contributed by atoms with Gasteiger partial charge in [-0.3, -0.25) is 4.79 Å². The molecule has 0 unspecified atom stereocenters. The van der Waals surface area contributed by atoms with E-state index in [1.807, 2.05) is 24.3 Å². The number of rotatable bonds is 10. The van der Waals surface area contributed by atoms with Crippen molar-refractivity contribution < 1.29 is 22.7 Å². The second kappa shape index (κ2) is 10.3. The second-order valence-electron chi connectivity index (χ2n) is 9.41. The van der Waals surface area contributed by atoms with Crippen molar-refractivity contribution in [3.05, 3.63) is 59.2 Å². The molecule has 2 aromatic rings. The number of Topliss-reactive ketones (excluding diaryl/α,β-unsaturated/α-hetero) is 1. The first-order valence-corrected chi connectivity index (χ1v) is 13.7. The van der Waals surface area contributed by atoms with Gasteiger partial charge in [-0.2, -0.15) is 0 Å². The molecule has 0 bridgehead atoms. The number of hydrogen-bond donors (Lipinski definition) is 1. The number of nitrogens with one attached hydrogen (secondary N) is 1. The molecule has 2 aromatic carbocycles. The molecule has 1 fully saturated rings. The van der Waals surface area contributed by atoms with Gasteiger partial charge in [0.15, 0.2) is 17.3 Å². The van der Waals surface area contributed by atoms with E-state index < -0.39 is 10.0 Å². The lowest BCUT2D eigenvalue weighted by Crippen LogP contribution is -2.23. The number of ether oxygens (including phenoxy) is 2. The molecule has 1 heterocycles. The van der Waals surface area contributed by atoms with Crippen LogP contribution in [0.3, 0.4) is 0 Å². The van der Waals surface area contributed by atoms with Gasteiger partial charge in [-0.15, -0.1) is 0 Å². The number of para-hydroxylation sites is 1. The summed E-state index contributed by atoms with van der Waals surface area (Å²) in [5.41, 5.74) is 3.24. The molecule has 0 amide bonds. The van der Waals surface area contributed by atoms with Gasteiger partial charge in [-0.1, -0.05) is 43.3 Å². The number of carbonyl (C=O) groups excluding carboxylic acids is 1. The predicted octanol–water partition coefficient (Wildman–Crippen LogP) is 5.00. The maximum Gasteiger partial charge on any atom is 0.231 e. The predicted molar refractivity (Wildman–Crippen MR) is 129 cm³/mol. The lowest BCUT2D eigenvalue weighted by atomic mass is 9.87. The van der Waals surface area contributed by atoms with Crippen molar-refractivity contribution in [1.29, 1.82) is 0 Å². The molecular formula is C26H33NO5S. The quantitative estimate of drug-likeness (QED) is 0.389.